The molecule has 0 aromatic heterocycles. The van der Waals surface area contributed by atoms with Crippen molar-refractivity contribution in [2.45, 2.75) is 13.0 Å². The number of hydrogen-bond donors (Lipinski definition) is 1. The fraction of sp³-hybridized carbons (Fsp3) is 0.250. The normalized spacial score (nSPS) is 13.1. The molecule has 0 aliphatic rings. The molecule has 0 spiro atoms. The van der Waals surface area contributed by atoms with E-state index >= 15 is 0 Å². The van der Waals surface area contributed by atoms with Crippen LogP contribution in [0.5, 0.6) is 0 Å². The van der Waals surface area contributed by atoms with Crippen molar-refractivity contribution in [2.75, 3.05) is 0 Å². The van der Waals surface area contributed by atoms with Crippen LogP contribution < -0.4 is 0 Å². The smallest absolute Gasteiger partial charge is 0.149 e. The summed E-state index contributed by atoms with van der Waals surface area (Å²) in [6.45, 7) is 1.43. The summed E-state index contributed by atoms with van der Waals surface area (Å²) in [5, 5.41) is 9.28. The van der Waals surface area contributed by atoms with Crippen LogP contribution in [0.4, 0.5) is 4.39 Å². The molecule has 0 amide bonds. The van der Waals surface area contributed by atoms with Crippen molar-refractivity contribution in [1.29, 1.82) is 0 Å². The first-order valence-electron chi connectivity index (χ1n) is 3.35. The van der Waals surface area contributed by atoms with Gasteiger partial charge in [0.25, 0.3) is 0 Å². The molecule has 1 aromatic carbocycles. The first kappa shape index (κ1) is 9.78. The lowest BCUT2D eigenvalue weighted by Gasteiger charge is -2.08. The molecule has 1 rings (SSSR count). The number of aliphatic hydroxyl groups excluding tert-OH is 1. The Morgan fingerprint density at radius 1 is 1.33 bits per heavy atom. The van der Waals surface area contributed by atoms with E-state index in [4.69, 9.17) is 28.3 Å². The molecule has 1 nitrogen and oxygen atoms in total. The molecule has 0 heterocycles. The van der Waals surface area contributed by atoms with Gasteiger partial charge in [-0.25, -0.2) is 4.39 Å². The molecule has 4 heteroatoms. The molecule has 66 valence electrons. The summed E-state index contributed by atoms with van der Waals surface area (Å²) in [7, 11) is 0. The molecule has 0 saturated carbocycles. The van der Waals surface area contributed by atoms with Crippen molar-refractivity contribution in [3.05, 3.63) is 33.6 Å². The van der Waals surface area contributed by atoms with E-state index in [1.165, 1.54) is 19.1 Å². The van der Waals surface area contributed by atoms with Crippen LogP contribution in [0.2, 0.25) is 10.0 Å². The standard InChI is InChI=1S/C8H7Cl2FO/c1-4(12)7-5(9)2-3-6(10)8(7)11/h2-4,12H,1H3. The van der Waals surface area contributed by atoms with Crippen LogP contribution in [0.3, 0.4) is 0 Å². The van der Waals surface area contributed by atoms with E-state index in [0.717, 1.165) is 0 Å². The summed E-state index contributed by atoms with van der Waals surface area (Å²) in [6, 6.07) is 2.81. The molecule has 0 aliphatic carbocycles. The van der Waals surface area contributed by atoms with Gasteiger partial charge in [0.1, 0.15) is 5.82 Å². The zero-order chi connectivity index (χ0) is 9.30. The second-order valence-electron chi connectivity index (χ2n) is 2.43. The molecule has 0 bridgehead atoms. The van der Waals surface area contributed by atoms with E-state index < -0.39 is 11.9 Å². The topological polar surface area (TPSA) is 20.2 Å². The summed E-state index contributed by atoms with van der Waals surface area (Å²) < 4.78 is 13.1. The van der Waals surface area contributed by atoms with E-state index in [0.29, 0.717) is 0 Å². The van der Waals surface area contributed by atoms with E-state index in [-0.39, 0.29) is 15.6 Å². The Balaban J connectivity index is 3.33. The van der Waals surface area contributed by atoms with Crippen molar-refractivity contribution in [1.82, 2.24) is 0 Å². The zero-order valence-electron chi connectivity index (χ0n) is 6.31. The number of aliphatic hydroxyl groups is 1. The van der Waals surface area contributed by atoms with Gasteiger partial charge >= 0.3 is 0 Å². The van der Waals surface area contributed by atoms with E-state index in [2.05, 4.69) is 0 Å². The lowest BCUT2D eigenvalue weighted by molar-refractivity contribution is 0.194. The SMILES string of the molecule is CC(O)c1c(Cl)ccc(Cl)c1F. The highest BCUT2D eigenvalue weighted by molar-refractivity contribution is 6.33. The van der Waals surface area contributed by atoms with Crippen molar-refractivity contribution in [3.8, 4) is 0 Å². The summed E-state index contributed by atoms with van der Waals surface area (Å²) in [5.41, 5.74) is 0.0455. The first-order chi connectivity index (χ1) is 5.54. The van der Waals surface area contributed by atoms with Gasteiger partial charge in [-0.2, -0.15) is 0 Å². The average Bonchev–Trinajstić information content (AvgIpc) is 1.97. The third-order valence-electron chi connectivity index (χ3n) is 1.50. The number of benzene rings is 1. The predicted octanol–water partition coefficient (Wildman–Crippen LogP) is 3.19. The number of rotatable bonds is 1. The Kier molecular flexibility index (Phi) is 2.94. The molecule has 0 fully saturated rings. The van der Waals surface area contributed by atoms with Gasteiger partial charge in [0.15, 0.2) is 0 Å². The van der Waals surface area contributed by atoms with Gasteiger partial charge in [0.2, 0.25) is 0 Å². The van der Waals surface area contributed by atoms with Gasteiger partial charge in [0.05, 0.1) is 11.1 Å². The van der Waals surface area contributed by atoms with E-state index in [1.807, 2.05) is 0 Å². The van der Waals surface area contributed by atoms with Crippen LogP contribution in [0, 0.1) is 5.82 Å². The van der Waals surface area contributed by atoms with Gasteiger partial charge in [0, 0.05) is 10.6 Å². The Morgan fingerprint density at radius 3 is 2.25 bits per heavy atom. The van der Waals surface area contributed by atoms with Gasteiger partial charge in [-0.05, 0) is 19.1 Å². The fourth-order valence-electron chi connectivity index (χ4n) is 0.926. The van der Waals surface area contributed by atoms with Crippen LogP contribution in [0.15, 0.2) is 12.1 Å². The van der Waals surface area contributed by atoms with Gasteiger partial charge < -0.3 is 5.11 Å². The highest BCUT2D eigenvalue weighted by Gasteiger charge is 2.14. The Bertz CT molecular complexity index is 299. The van der Waals surface area contributed by atoms with Crippen molar-refractivity contribution in [3.63, 3.8) is 0 Å². The summed E-state index contributed by atoms with van der Waals surface area (Å²) in [5.74, 6) is -0.654. The molecule has 1 N–H and O–H groups in total. The monoisotopic (exact) mass is 208 g/mol. The van der Waals surface area contributed by atoms with Crippen molar-refractivity contribution in [2.24, 2.45) is 0 Å². The molecule has 1 atom stereocenters. The van der Waals surface area contributed by atoms with Crippen LogP contribution in [0.1, 0.15) is 18.6 Å². The molecule has 1 unspecified atom stereocenters. The van der Waals surface area contributed by atoms with E-state index in [9.17, 15) is 4.39 Å². The molecule has 1 aromatic rings. The zero-order valence-corrected chi connectivity index (χ0v) is 7.83. The minimum Gasteiger partial charge on any atom is -0.389 e. The van der Waals surface area contributed by atoms with Gasteiger partial charge in [-0.3, -0.25) is 0 Å². The maximum Gasteiger partial charge on any atom is 0.149 e. The maximum absolute atomic E-state index is 13.1. The Hall–Kier alpha value is -0.310. The molecule has 0 aliphatic heterocycles. The summed E-state index contributed by atoms with van der Waals surface area (Å²) in [4.78, 5) is 0. The molecular formula is C8H7Cl2FO. The largest absolute Gasteiger partial charge is 0.389 e. The van der Waals surface area contributed by atoms with Crippen LogP contribution in [-0.2, 0) is 0 Å². The van der Waals surface area contributed by atoms with Crippen molar-refractivity contribution < 1.29 is 9.50 Å². The molecule has 12 heavy (non-hydrogen) atoms. The molecular weight excluding hydrogens is 202 g/mol. The number of halogens is 3. The lowest BCUT2D eigenvalue weighted by Crippen LogP contribution is -1.97. The minimum absolute atomic E-state index is 0.0321. The maximum atomic E-state index is 13.1. The molecule has 0 saturated heterocycles. The summed E-state index contributed by atoms with van der Waals surface area (Å²) >= 11 is 11.1. The minimum atomic E-state index is -0.948. The highest BCUT2D eigenvalue weighted by atomic mass is 35.5. The van der Waals surface area contributed by atoms with Gasteiger partial charge in [-0.15, -0.1) is 0 Å². The highest BCUT2D eigenvalue weighted by Crippen LogP contribution is 2.29. The quantitative estimate of drug-likeness (QED) is 0.704. The number of hydrogen-bond acceptors (Lipinski definition) is 1. The predicted molar refractivity (Wildman–Crippen MR) is 47.1 cm³/mol. The first-order valence-corrected chi connectivity index (χ1v) is 4.11. The van der Waals surface area contributed by atoms with E-state index in [1.54, 1.807) is 0 Å². The second kappa shape index (κ2) is 3.60. The van der Waals surface area contributed by atoms with Crippen LogP contribution in [-0.4, -0.2) is 5.11 Å². The average molecular weight is 209 g/mol. The lowest BCUT2D eigenvalue weighted by atomic mass is 10.1. The fourth-order valence-corrected chi connectivity index (χ4v) is 1.39. The Morgan fingerprint density at radius 2 is 1.83 bits per heavy atom. The van der Waals surface area contributed by atoms with Crippen LogP contribution in [0.25, 0.3) is 0 Å². The molecule has 0 radical (unpaired) electrons. The summed E-state index contributed by atoms with van der Waals surface area (Å²) in [6.07, 6.45) is -0.948. The third kappa shape index (κ3) is 1.71. The Labute approximate surface area is 79.7 Å². The van der Waals surface area contributed by atoms with Gasteiger partial charge in [-0.1, -0.05) is 23.2 Å². The third-order valence-corrected chi connectivity index (χ3v) is 2.12. The second-order valence-corrected chi connectivity index (χ2v) is 3.25. The van der Waals surface area contributed by atoms with Crippen molar-refractivity contribution >= 4 is 23.2 Å². The van der Waals surface area contributed by atoms with Crippen LogP contribution >= 0.6 is 23.2 Å².